The van der Waals surface area contributed by atoms with E-state index in [9.17, 15) is 9.59 Å². The number of rotatable bonds is 6. The van der Waals surface area contributed by atoms with Crippen LogP contribution in [0.15, 0.2) is 24.3 Å². The summed E-state index contributed by atoms with van der Waals surface area (Å²) in [5.41, 5.74) is -0.272. The quantitative estimate of drug-likeness (QED) is 0.296. The van der Waals surface area contributed by atoms with E-state index in [4.69, 9.17) is 9.84 Å². The van der Waals surface area contributed by atoms with Gasteiger partial charge in [0.1, 0.15) is 0 Å². The van der Waals surface area contributed by atoms with Crippen molar-refractivity contribution < 1.29 is 24.2 Å². The predicted octanol–water partition coefficient (Wildman–Crippen LogP) is 0.197. The maximum absolute atomic E-state index is 11.2. The first-order valence-corrected chi connectivity index (χ1v) is 4.29. The van der Waals surface area contributed by atoms with Gasteiger partial charge in [-0.25, -0.2) is 9.59 Å². The maximum Gasteiger partial charge on any atom is 0.338 e. The molecule has 0 aromatic carbocycles. The standard InChI is InChI=1S/C10H14O5/c1-7(9(12)14-3)8(2)10(13)15-6-4-5-11/h11H,1-2,4-6H2,3H3. The van der Waals surface area contributed by atoms with E-state index in [2.05, 4.69) is 17.9 Å². The van der Waals surface area contributed by atoms with E-state index < -0.39 is 11.9 Å². The molecular weight excluding hydrogens is 200 g/mol. The van der Waals surface area contributed by atoms with Crippen LogP contribution in [0.2, 0.25) is 0 Å². The first-order valence-electron chi connectivity index (χ1n) is 4.29. The molecule has 1 N–H and O–H groups in total. The number of carbonyl (C=O) groups is 2. The van der Waals surface area contributed by atoms with Gasteiger partial charge >= 0.3 is 11.9 Å². The van der Waals surface area contributed by atoms with Crippen molar-refractivity contribution in [2.24, 2.45) is 0 Å². The van der Waals surface area contributed by atoms with Crippen molar-refractivity contribution in [1.82, 2.24) is 0 Å². The second kappa shape index (κ2) is 6.78. The van der Waals surface area contributed by atoms with Gasteiger partial charge in [-0.1, -0.05) is 13.2 Å². The Morgan fingerprint density at radius 2 is 1.73 bits per heavy atom. The first-order chi connectivity index (χ1) is 7.04. The molecule has 5 heteroatoms. The van der Waals surface area contributed by atoms with Crippen LogP contribution in [0.1, 0.15) is 6.42 Å². The van der Waals surface area contributed by atoms with Gasteiger partial charge in [-0.05, 0) is 0 Å². The van der Waals surface area contributed by atoms with Crippen molar-refractivity contribution in [2.45, 2.75) is 6.42 Å². The monoisotopic (exact) mass is 214 g/mol. The molecule has 0 spiro atoms. The van der Waals surface area contributed by atoms with Crippen LogP contribution < -0.4 is 0 Å². The third kappa shape index (κ3) is 4.42. The van der Waals surface area contributed by atoms with E-state index in [1.807, 2.05) is 0 Å². The highest BCUT2D eigenvalue weighted by molar-refractivity contribution is 6.05. The van der Waals surface area contributed by atoms with Crippen molar-refractivity contribution in [3.63, 3.8) is 0 Å². The van der Waals surface area contributed by atoms with E-state index in [0.717, 1.165) is 0 Å². The molecule has 0 bridgehead atoms. The molecule has 5 nitrogen and oxygen atoms in total. The van der Waals surface area contributed by atoms with Crippen LogP contribution in [-0.2, 0) is 19.1 Å². The second-order valence-corrected chi connectivity index (χ2v) is 2.66. The van der Waals surface area contributed by atoms with Gasteiger partial charge < -0.3 is 14.6 Å². The van der Waals surface area contributed by atoms with Crippen molar-refractivity contribution in [3.8, 4) is 0 Å². The topological polar surface area (TPSA) is 72.8 Å². The second-order valence-electron chi connectivity index (χ2n) is 2.66. The Hall–Kier alpha value is -1.62. The van der Waals surface area contributed by atoms with Crippen LogP contribution in [0, 0.1) is 0 Å². The molecule has 0 fully saturated rings. The van der Waals surface area contributed by atoms with Gasteiger partial charge in [0.25, 0.3) is 0 Å². The van der Waals surface area contributed by atoms with Gasteiger partial charge in [-0.15, -0.1) is 0 Å². The van der Waals surface area contributed by atoms with E-state index in [0.29, 0.717) is 6.42 Å². The number of aliphatic hydroxyl groups is 1. The Morgan fingerprint density at radius 1 is 1.20 bits per heavy atom. The molecule has 0 saturated heterocycles. The van der Waals surface area contributed by atoms with Crippen molar-refractivity contribution >= 4 is 11.9 Å². The molecule has 0 aliphatic heterocycles. The number of ether oxygens (including phenoxy) is 2. The number of esters is 2. The van der Waals surface area contributed by atoms with Crippen LogP contribution in [0.4, 0.5) is 0 Å². The molecular formula is C10H14O5. The van der Waals surface area contributed by atoms with Gasteiger partial charge in [0.05, 0.1) is 24.9 Å². The Bertz CT molecular complexity index is 280. The molecule has 0 radical (unpaired) electrons. The van der Waals surface area contributed by atoms with E-state index in [-0.39, 0.29) is 24.4 Å². The lowest BCUT2D eigenvalue weighted by Crippen LogP contribution is -2.15. The lowest BCUT2D eigenvalue weighted by Gasteiger charge is -2.07. The minimum atomic E-state index is -0.737. The average molecular weight is 214 g/mol. The van der Waals surface area contributed by atoms with Crippen LogP contribution in [0.25, 0.3) is 0 Å². The predicted molar refractivity (Wildman–Crippen MR) is 53.0 cm³/mol. The molecule has 0 rings (SSSR count). The molecule has 0 aromatic rings. The van der Waals surface area contributed by atoms with Crippen LogP contribution >= 0.6 is 0 Å². The molecule has 0 aliphatic carbocycles. The molecule has 84 valence electrons. The third-order valence-corrected chi connectivity index (χ3v) is 1.58. The highest BCUT2D eigenvalue weighted by Gasteiger charge is 2.18. The van der Waals surface area contributed by atoms with Crippen LogP contribution in [0.3, 0.4) is 0 Å². The SMILES string of the molecule is C=C(C(=C)C(=O)OCCCO)C(=O)OC. The summed E-state index contributed by atoms with van der Waals surface area (Å²) in [4.78, 5) is 22.2. The first kappa shape index (κ1) is 13.4. The molecule has 0 atom stereocenters. The Kier molecular flexibility index (Phi) is 6.05. The summed E-state index contributed by atoms with van der Waals surface area (Å²) in [5, 5.41) is 8.45. The van der Waals surface area contributed by atoms with Gasteiger partial charge in [-0.3, -0.25) is 0 Å². The highest BCUT2D eigenvalue weighted by atomic mass is 16.5. The zero-order valence-corrected chi connectivity index (χ0v) is 8.62. The average Bonchev–Trinajstić information content (AvgIpc) is 2.26. The van der Waals surface area contributed by atoms with Crippen molar-refractivity contribution in [1.29, 1.82) is 0 Å². The lowest BCUT2D eigenvalue weighted by atomic mass is 10.1. The van der Waals surface area contributed by atoms with Crippen LogP contribution in [0.5, 0.6) is 0 Å². The third-order valence-electron chi connectivity index (χ3n) is 1.58. The van der Waals surface area contributed by atoms with E-state index in [1.54, 1.807) is 0 Å². The minimum Gasteiger partial charge on any atom is -0.465 e. The molecule has 0 amide bonds. The van der Waals surface area contributed by atoms with Gasteiger partial charge in [0.15, 0.2) is 0 Å². The summed E-state index contributed by atoms with van der Waals surface area (Å²) in [5.74, 6) is -1.46. The normalized spacial score (nSPS) is 9.20. The number of hydrogen-bond donors (Lipinski definition) is 1. The fourth-order valence-corrected chi connectivity index (χ4v) is 0.686. The lowest BCUT2D eigenvalue weighted by molar-refractivity contribution is -0.141. The summed E-state index contributed by atoms with van der Waals surface area (Å²) in [6, 6.07) is 0. The summed E-state index contributed by atoms with van der Waals surface area (Å²) in [7, 11) is 1.18. The molecule has 0 aliphatic rings. The van der Waals surface area contributed by atoms with Crippen molar-refractivity contribution in [2.75, 3.05) is 20.3 Å². The Balaban J connectivity index is 4.15. The van der Waals surface area contributed by atoms with Crippen molar-refractivity contribution in [3.05, 3.63) is 24.3 Å². The number of hydrogen-bond acceptors (Lipinski definition) is 5. The molecule has 0 unspecified atom stereocenters. The Morgan fingerprint density at radius 3 is 2.20 bits per heavy atom. The van der Waals surface area contributed by atoms with Crippen LogP contribution in [-0.4, -0.2) is 37.4 Å². The molecule has 0 heterocycles. The number of carbonyl (C=O) groups excluding carboxylic acids is 2. The molecule has 0 saturated carbocycles. The number of aliphatic hydroxyl groups excluding tert-OH is 1. The van der Waals surface area contributed by atoms with E-state index in [1.165, 1.54) is 7.11 Å². The fourth-order valence-electron chi connectivity index (χ4n) is 0.686. The van der Waals surface area contributed by atoms with Gasteiger partial charge in [0.2, 0.25) is 0 Å². The smallest absolute Gasteiger partial charge is 0.338 e. The minimum absolute atomic E-state index is 0.0717. The highest BCUT2D eigenvalue weighted by Crippen LogP contribution is 2.09. The number of methoxy groups -OCH3 is 1. The van der Waals surface area contributed by atoms with Gasteiger partial charge in [-0.2, -0.15) is 0 Å². The summed E-state index contributed by atoms with van der Waals surface area (Å²) in [6.45, 7) is 6.72. The van der Waals surface area contributed by atoms with Gasteiger partial charge in [0, 0.05) is 13.0 Å². The Labute approximate surface area is 88.0 Å². The zero-order valence-electron chi connectivity index (χ0n) is 8.62. The fraction of sp³-hybridized carbons (Fsp3) is 0.400. The largest absolute Gasteiger partial charge is 0.465 e. The maximum atomic E-state index is 11.2. The van der Waals surface area contributed by atoms with E-state index >= 15 is 0 Å². The molecule has 15 heavy (non-hydrogen) atoms. The molecule has 0 aromatic heterocycles. The summed E-state index contributed by atoms with van der Waals surface area (Å²) < 4.78 is 9.05. The zero-order chi connectivity index (χ0) is 11.8. The summed E-state index contributed by atoms with van der Waals surface area (Å²) in [6.07, 6.45) is 0.337. The summed E-state index contributed by atoms with van der Waals surface area (Å²) >= 11 is 0.